The highest BCUT2D eigenvalue weighted by Crippen LogP contribution is 2.33. The topological polar surface area (TPSA) is 77.1 Å². The van der Waals surface area contributed by atoms with Gasteiger partial charge < -0.3 is 5.32 Å². The molecular formula is C26H20BrF3N6O. The Morgan fingerprint density at radius 1 is 1.03 bits per heavy atom. The molecule has 0 atom stereocenters. The van der Waals surface area contributed by atoms with Crippen molar-refractivity contribution in [3.05, 3.63) is 99.5 Å². The maximum Gasteiger partial charge on any atom is 0.433 e. The Labute approximate surface area is 218 Å². The Morgan fingerprint density at radius 3 is 2.49 bits per heavy atom. The minimum Gasteiger partial charge on any atom is -0.318 e. The second-order valence-corrected chi connectivity index (χ2v) is 9.55. The van der Waals surface area contributed by atoms with Crippen LogP contribution in [0.2, 0.25) is 0 Å². The summed E-state index contributed by atoms with van der Waals surface area (Å²) in [6.07, 6.45) is -1.61. The fourth-order valence-corrected chi connectivity index (χ4v) is 4.09. The summed E-state index contributed by atoms with van der Waals surface area (Å²) in [5.41, 5.74) is 2.73. The number of fused-ring (bicyclic) bond motifs is 1. The number of alkyl halides is 3. The molecule has 1 amide bonds. The number of aromatic nitrogens is 5. The summed E-state index contributed by atoms with van der Waals surface area (Å²) in [5, 5.41) is 10.8. The molecule has 188 valence electrons. The summed E-state index contributed by atoms with van der Waals surface area (Å²) in [6, 6.07) is 15.2. The van der Waals surface area contributed by atoms with Gasteiger partial charge in [-0.15, -0.1) is 0 Å². The highest BCUT2D eigenvalue weighted by atomic mass is 79.9. The summed E-state index contributed by atoms with van der Waals surface area (Å²) >= 11 is 3.39. The number of rotatable bonds is 5. The van der Waals surface area contributed by atoms with E-state index in [4.69, 9.17) is 0 Å². The van der Waals surface area contributed by atoms with E-state index in [1.165, 1.54) is 12.3 Å². The average Bonchev–Trinajstić information content (AvgIpc) is 3.47. The highest BCUT2D eigenvalue weighted by molar-refractivity contribution is 9.10. The number of carbonyl (C=O) groups excluding carboxylic acids is 1. The Balaban J connectivity index is 1.43. The lowest BCUT2D eigenvalue weighted by atomic mass is 10.0. The first-order valence-corrected chi connectivity index (χ1v) is 12.0. The van der Waals surface area contributed by atoms with Gasteiger partial charge in [-0.2, -0.15) is 23.4 Å². The number of nitrogens with zero attached hydrogens (tertiary/aromatic N) is 5. The molecule has 0 fully saturated rings. The van der Waals surface area contributed by atoms with E-state index in [0.29, 0.717) is 22.3 Å². The van der Waals surface area contributed by atoms with E-state index in [1.807, 2.05) is 44.2 Å². The molecule has 0 spiro atoms. The third-order valence-corrected chi connectivity index (χ3v) is 6.43. The van der Waals surface area contributed by atoms with Crippen molar-refractivity contribution in [1.82, 2.24) is 24.4 Å². The number of hydrogen-bond acceptors (Lipinski definition) is 4. The molecule has 11 heteroatoms. The van der Waals surface area contributed by atoms with Crippen molar-refractivity contribution in [2.24, 2.45) is 0 Å². The van der Waals surface area contributed by atoms with Gasteiger partial charge in [0, 0.05) is 22.3 Å². The smallest absolute Gasteiger partial charge is 0.318 e. The zero-order valence-corrected chi connectivity index (χ0v) is 21.3. The Hall–Kier alpha value is -3.99. The molecule has 0 unspecified atom stereocenters. The van der Waals surface area contributed by atoms with Crippen molar-refractivity contribution in [1.29, 1.82) is 0 Å². The van der Waals surface area contributed by atoms with E-state index < -0.39 is 17.8 Å². The van der Waals surface area contributed by atoms with Crippen LogP contribution in [-0.4, -0.2) is 30.3 Å². The third kappa shape index (κ3) is 5.26. The molecule has 3 heterocycles. The molecule has 0 radical (unpaired) electrons. The molecule has 3 aromatic heterocycles. The number of carbonyl (C=O) groups is 1. The highest BCUT2D eigenvalue weighted by Gasteiger charge is 2.35. The fraction of sp³-hybridized carbons (Fsp3) is 0.154. The predicted octanol–water partition coefficient (Wildman–Crippen LogP) is 6.29. The summed E-state index contributed by atoms with van der Waals surface area (Å²) in [6.45, 7) is 4.28. The minimum atomic E-state index is -4.70. The zero-order valence-electron chi connectivity index (χ0n) is 19.7. The SMILES string of the molecule is Cc1ccc(-c2cc(C(F)(F)F)n3nc(C(=O)Nc4cnn(Cc5ccc(Br)cc5)c4)cc3n2)cc1C. The van der Waals surface area contributed by atoms with E-state index in [1.54, 1.807) is 23.0 Å². The van der Waals surface area contributed by atoms with Crippen LogP contribution in [0.5, 0.6) is 0 Å². The van der Waals surface area contributed by atoms with Gasteiger partial charge in [-0.05, 0) is 54.8 Å². The van der Waals surface area contributed by atoms with Gasteiger partial charge in [0.05, 0.1) is 24.1 Å². The molecular weight excluding hydrogens is 549 g/mol. The van der Waals surface area contributed by atoms with Crippen LogP contribution in [0.25, 0.3) is 16.9 Å². The number of nitrogens with one attached hydrogen (secondary N) is 1. The summed E-state index contributed by atoms with van der Waals surface area (Å²) < 4.78 is 45.0. The van der Waals surface area contributed by atoms with Gasteiger partial charge in [0.15, 0.2) is 17.0 Å². The van der Waals surface area contributed by atoms with Gasteiger partial charge >= 0.3 is 6.18 Å². The number of aryl methyl sites for hydroxylation is 2. The van der Waals surface area contributed by atoms with Crippen molar-refractivity contribution >= 4 is 33.2 Å². The van der Waals surface area contributed by atoms with E-state index in [0.717, 1.165) is 27.2 Å². The summed E-state index contributed by atoms with van der Waals surface area (Å²) in [7, 11) is 0. The van der Waals surface area contributed by atoms with Crippen molar-refractivity contribution < 1.29 is 18.0 Å². The second kappa shape index (κ2) is 9.47. The Kier molecular flexibility index (Phi) is 6.32. The van der Waals surface area contributed by atoms with Crippen molar-refractivity contribution in [2.45, 2.75) is 26.6 Å². The molecule has 0 saturated carbocycles. The van der Waals surface area contributed by atoms with Crippen molar-refractivity contribution in [2.75, 3.05) is 5.32 Å². The van der Waals surface area contributed by atoms with Gasteiger partial charge in [0.25, 0.3) is 5.91 Å². The number of halogens is 4. The Morgan fingerprint density at radius 2 is 1.78 bits per heavy atom. The van der Waals surface area contributed by atoms with Crippen LogP contribution >= 0.6 is 15.9 Å². The van der Waals surface area contributed by atoms with Crippen LogP contribution in [0.15, 0.2) is 71.5 Å². The first-order valence-electron chi connectivity index (χ1n) is 11.2. The van der Waals surface area contributed by atoms with Gasteiger partial charge in [-0.25, -0.2) is 9.50 Å². The molecule has 0 aliphatic carbocycles. The van der Waals surface area contributed by atoms with E-state index >= 15 is 0 Å². The molecule has 0 aliphatic heterocycles. The fourth-order valence-electron chi connectivity index (χ4n) is 3.82. The van der Waals surface area contributed by atoms with Gasteiger partial charge in [-0.1, -0.05) is 40.2 Å². The predicted molar refractivity (Wildman–Crippen MR) is 136 cm³/mol. The van der Waals surface area contributed by atoms with E-state index in [9.17, 15) is 18.0 Å². The first kappa shape index (κ1) is 24.7. The molecule has 1 N–H and O–H groups in total. The van der Waals surface area contributed by atoms with Crippen LogP contribution in [0.4, 0.5) is 18.9 Å². The number of amides is 1. The average molecular weight is 569 g/mol. The van der Waals surface area contributed by atoms with Crippen LogP contribution in [-0.2, 0) is 12.7 Å². The first-order chi connectivity index (χ1) is 17.6. The molecule has 2 aromatic carbocycles. The molecule has 0 aliphatic rings. The summed E-state index contributed by atoms with van der Waals surface area (Å²) in [4.78, 5) is 17.2. The molecule has 0 saturated heterocycles. The van der Waals surface area contributed by atoms with E-state index in [-0.39, 0.29) is 17.0 Å². The maximum atomic E-state index is 13.9. The quantitative estimate of drug-likeness (QED) is 0.270. The maximum absolute atomic E-state index is 13.9. The van der Waals surface area contributed by atoms with E-state index in [2.05, 4.69) is 36.4 Å². The lowest BCUT2D eigenvalue weighted by Crippen LogP contribution is -2.15. The number of anilines is 1. The van der Waals surface area contributed by atoms with Crippen molar-refractivity contribution in [3.8, 4) is 11.3 Å². The van der Waals surface area contributed by atoms with Crippen LogP contribution in [0.3, 0.4) is 0 Å². The molecule has 7 nitrogen and oxygen atoms in total. The molecule has 5 aromatic rings. The van der Waals surface area contributed by atoms with Gasteiger partial charge in [0.1, 0.15) is 0 Å². The lowest BCUT2D eigenvalue weighted by Gasteiger charge is -2.11. The largest absolute Gasteiger partial charge is 0.433 e. The molecule has 37 heavy (non-hydrogen) atoms. The lowest BCUT2D eigenvalue weighted by molar-refractivity contribution is -0.142. The molecule has 5 rings (SSSR count). The van der Waals surface area contributed by atoms with Gasteiger partial charge in [-0.3, -0.25) is 9.48 Å². The number of benzene rings is 2. The minimum absolute atomic E-state index is 0.0841. The van der Waals surface area contributed by atoms with Gasteiger partial charge in [0.2, 0.25) is 0 Å². The normalized spacial score (nSPS) is 11.7. The van der Waals surface area contributed by atoms with Crippen LogP contribution in [0, 0.1) is 13.8 Å². The van der Waals surface area contributed by atoms with Crippen molar-refractivity contribution in [3.63, 3.8) is 0 Å². The second-order valence-electron chi connectivity index (χ2n) is 8.63. The Bertz CT molecular complexity index is 1620. The monoisotopic (exact) mass is 568 g/mol. The molecule has 0 bridgehead atoms. The standard InChI is InChI=1S/C26H20BrF3N6O/c1-15-3-6-18(9-16(15)2)21-10-23(26(28,29)30)36-24(33-21)11-22(34-36)25(37)32-20-12-31-35(14-20)13-17-4-7-19(27)8-5-17/h3-12,14H,13H2,1-2H3,(H,32,37). The third-order valence-electron chi connectivity index (χ3n) is 5.90. The van der Waals surface area contributed by atoms with Crippen LogP contribution in [0.1, 0.15) is 32.9 Å². The summed E-state index contributed by atoms with van der Waals surface area (Å²) in [5.74, 6) is -0.672. The van der Waals surface area contributed by atoms with Crippen LogP contribution < -0.4 is 5.32 Å². The zero-order chi connectivity index (χ0) is 26.3. The number of hydrogen-bond donors (Lipinski definition) is 1.